The molecule has 0 saturated heterocycles. The highest BCUT2D eigenvalue weighted by Crippen LogP contribution is 2.11. The van der Waals surface area contributed by atoms with Crippen LogP contribution in [0.4, 0.5) is 0 Å². The maximum atomic E-state index is 12.9. The molecule has 0 fully saturated rings. The van der Waals surface area contributed by atoms with Crippen LogP contribution in [0, 0.1) is 19.8 Å². The Balaban J connectivity index is 2.41. The van der Waals surface area contributed by atoms with E-state index in [0.29, 0.717) is 6.54 Å². The van der Waals surface area contributed by atoms with E-state index < -0.39 is 23.5 Å². The number of nitrogens with one attached hydrogen (secondary N) is 1. The van der Waals surface area contributed by atoms with Crippen LogP contribution in [-0.2, 0) is 16.1 Å². The van der Waals surface area contributed by atoms with Gasteiger partial charge in [0.1, 0.15) is 11.6 Å². The van der Waals surface area contributed by atoms with Gasteiger partial charge in [0.2, 0.25) is 0 Å². The van der Waals surface area contributed by atoms with Gasteiger partial charge in [-0.2, -0.15) is 0 Å². The summed E-state index contributed by atoms with van der Waals surface area (Å²) in [5, 5.41) is 2.63. The number of hydrogen-bond acceptors (Lipinski definition) is 5. The van der Waals surface area contributed by atoms with E-state index in [-0.39, 0.29) is 11.5 Å². The molecule has 0 saturated carbocycles. The Morgan fingerprint density at radius 1 is 1.22 bits per heavy atom. The molecule has 0 spiro atoms. The fraction of sp³-hybridized carbons (Fsp3) is 0.400. The maximum Gasteiger partial charge on any atom is 0.328 e. The summed E-state index contributed by atoms with van der Waals surface area (Å²) in [4.78, 5) is 41.6. The average Bonchev–Trinajstić information content (AvgIpc) is 2.65. The molecule has 7 heteroatoms. The predicted molar refractivity (Wildman–Crippen MR) is 102 cm³/mol. The Hall–Kier alpha value is -2.96. The number of nitrogens with zero attached hydrogens (tertiary/aromatic N) is 2. The summed E-state index contributed by atoms with van der Waals surface area (Å²) in [6.07, 6.45) is 3.31. The molecule has 0 aromatic carbocycles. The van der Waals surface area contributed by atoms with Crippen molar-refractivity contribution in [3.05, 3.63) is 63.3 Å². The van der Waals surface area contributed by atoms with Gasteiger partial charge in [0.15, 0.2) is 0 Å². The van der Waals surface area contributed by atoms with Crippen LogP contribution in [-0.4, -0.2) is 34.6 Å². The monoisotopic (exact) mass is 371 g/mol. The molecule has 7 nitrogen and oxygen atoms in total. The smallest absolute Gasteiger partial charge is 0.328 e. The van der Waals surface area contributed by atoms with Gasteiger partial charge in [-0.15, -0.1) is 0 Å². The molecule has 27 heavy (non-hydrogen) atoms. The lowest BCUT2D eigenvalue weighted by Gasteiger charge is -2.20. The lowest BCUT2D eigenvalue weighted by molar-refractivity contribution is -0.144. The standard InChI is InChI=1S/C20H25N3O4/c1-12(2)17(20(26)27-5)22-18(24)16-10-13(3)14(4)23(19(16)25)11-15-6-8-21-9-7-15/h6-10,12,17H,11H2,1-5H3,(H,22,24)/t17-/m0/s1. The van der Waals surface area contributed by atoms with Crippen LogP contribution in [0.1, 0.15) is 41.0 Å². The number of aryl methyl sites for hydroxylation is 1. The molecule has 0 radical (unpaired) electrons. The van der Waals surface area contributed by atoms with Crippen LogP contribution in [0.3, 0.4) is 0 Å². The highest BCUT2D eigenvalue weighted by molar-refractivity contribution is 5.96. The quantitative estimate of drug-likeness (QED) is 0.783. The van der Waals surface area contributed by atoms with Gasteiger partial charge in [-0.05, 0) is 49.1 Å². The first kappa shape index (κ1) is 20.4. The van der Waals surface area contributed by atoms with Crippen LogP contribution in [0.25, 0.3) is 0 Å². The van der Waals surface area contributed by atoms with Crippen molar-refractivity contribution >= 4 is 11.9 Å². The molecular formula is C20H25N3O4. The van der Waals surface area contributed by atoms with Crippen molar-refractivity contribution in [2.75, 3.05) is 7.11 Å². The number of aromatic nitrogens is 2. The Kier molecular flexibility index (Phi) is 6.50. The molecule has 1 atom stereocenters. The van der Waals surface area contributed by atoms with Gasteiger partial charge in [0, 0.05) is 18.1 Å². The predicted octanol–water partition coefficient (Wildman–Crippen LogP) is 1.84. The zero-order chi connectivity index (χ0) is 20.1. The van der Waals surface area contributed by atoms with Gasteiger partial charge in [-0.3, -0.25) is 14.6 Å². The minimum absolute atomic E-state index is 0.00158. The number of esters is 1. The summed E-state index contributed by atoms with van der Waals surface area (Å²) in [5.41, 5.74) is 2.10. The average molecular weight is 371 g/mol. The van der Waals surface area contributed by atoms with Gasteiger partial charge in [-0.1, -0.05) is 13.8 Å². The summed E-state index contributed by atoms with van der Waals surface area (Å²) in [7, 11) is 1.27. The molecule has 1 amide bonds. The molecule has 0 unspecified atom stereocenters. The SMILES string of the molecule is COC(=O)[C@@H](NC(=O)c1cc(C)c(C)n(Cc2ccncc2)c1=O)C(C)C. The zero-order valence-electron chi connectivity index (χ0n) is 16.3. The van der Waals surface area contributed by atoms with Gasteiger partial charge in [0.25, 0.3) is 11.5 Å². The molecule has 0 aliphatic heterocycles. The van der Waals surface area contributed by atoms with Gasteiger partial charge >= 0.3 is 5.97 Å². The summed E-state index contributed by atoms with van der Waals surface area (Å²) in [6.45, 7) is 7.60. The van der Waals surface area contributed by atoms with E-state index >= 15 is 0 Å². The van der Waals surface area contributed by atoms with E-state index in [4.69, 9.17) is 4.74 Å². The number of carbonyl (C=O) groups is 2. The Morgan fingerprint density at radius 2 is 1.85 bits per heavy atom. The third kappa shape index (κ3) is 4.61. The van der Waals surface area contributed by atoms with Crippen molar-refractivity contribution in [2.45, 2.75) is 40.3 Å². The summed E-state index contributed by atoms with van der Waals surface area (Å²) in [6, 6.07) is 4.38. The number of pyridine rings is 2. The van der Waals surface area contributed by atoms with E-state index in [1.165, 1.54) is 7.11 Å². The van der Waals surface area contributed by atoms with Crippen LogP contribution < -0.4 is 10.9 Å². The minimum Gasteiger partial charge on any atom is -0.467 e. The lowest BCUT2D eigenvalue weighted by atomic mass is 10.0. The first-order valence-corrected chi connectivity index (χ1v) is 8.74. The van der Waals surface area contributed by atoms with E-state index in [1.54, 1.807) is 36.9 Å². The second kappa shape index (κ2) is 8.62. The zero-order valence-corrected chi connectivity index (χ0v) is 16.3. The third-order valence-corrected chi connectivity index (χ3v) is 4.56. The van der Waals surface area contributed by atoms with Gasteiger partial charge < -0.3 is 14.6 Å². The van der Waals surface area contributed by atoms with Gasteiger partial charge in [-0.25, -0.2) is 4.79 Å². The summed E-state index contributed by atoms with van der Waals surface area (Å²) < 4.78 is 6.30. The first-order valence-electron chi connectivity index (χ1n) is 8.74. The van der Waals surface area contributed by atoms with Crippen molar-refractivity contribution < 1.29 is 14.3 Å². The molecule has 2 aromatic heterocycles. The molecule has 1 N–H and O–H groups in total. The van der Waals surface area contributed by atoms with Crippen molar-refractivity contribution in [1.82, 2.24) is 14.9 Å². The molecule has 0 aliphatic rings. The topological polar surface area (TPSA) is 90.3 Å². The number of rotatable bonds is 6. The van der Waals surface area contributed by atoms with E-state index in [0.717, 1.165) is 16.8 Å². The van der Waals surface area contributed by atoms with Crippen LogP contribution in [0.2, 0.25) is 0 Å². The fourth-order valence-electron chi connectivity index (χ4n) is 2.76. The number of ether oxygens (including phenoxy) is 1. The number of amides is 1. The summed E-state index contributed by atoms with van der Waals surface area (Å²) >= 11 is 0. The Bertz CT molecular complexity index is 888. The normalized spacial score (nSPS) is 11.9. The minimum atomic E-state index is -0.822. The fourth-order valence-corrected chi connectivity index (χ4v) is 2.76. The van der Waals surface area contributed by atoms with Crippen LogP contribution >= 0.6 is 0 Å². The Labute approximate surface area is 158 Å². The van der Waals surface area contributed by atoms with Crippen LogP contribution in [0.15, 0.2) is 35.4 Å². The molecule has 144 valence electrons. The Morgan fingerprint density at radius 3 is 2.41 bits per heavy atom. The van der Waals surface area contributed by atoms with Gasteiger partial charge in [0.05, 0.1) is 13.7 Å². The highest BCUT2D eigenvalue weighted by atomic mass is 16.5. The molecule has 0 bridgehead atoms. The van der Waals surface area contributed by atoms with Crippen molar-refractivity contribution in [1.29, 1.82) is 0 Å². The van der Waals surface area contributed by atoms with Crippen molar-refractivity contribution in [3.63, 3.8) is 0 Å². The summed E-state index contributed by atoms with van der Waals surface area (Å²) in [5.74, 6) is -1.30. The molecule has 2 aromatic rings. The molecular weight excluding hydrogens is 346 g/mol. The molecule has 2 rings (SSSR count). The second-order valence-electron chi connectivity index (χ2n) is 6.79. The van der Waals surface area contributed by atoms with Crippen molar-refractivity contribution in [3.8, 4) is 0 Å². The lowest BCUT2D eigenvalue weighted by Crippen LogP contribution is -2.46. The van der Waals surface area contributed by atoms with Crippen LogP contribution in [0.5, 0.6) is 0 Å². The highest BCUT2D eigenvalue weighted by Gasteiger charge is 2.27. The number of methoxy groups -OCH3 is 1. The van der Waals surface area contributed by atoms with E-state index in [9.17, 15) is 14.4 Å². The third-order valence-electron chi connectivity index (χ3n) is 4.56. The van der Waals surface area contributed by atoms with Crippen molar-refractivity contribution in [2.24, 2.45) is 5.92 Å². The molecule has 0 aliphatic carbocycles. The molecule has 2 heterocycles. The van der Waals surface area contributed by atoms with E-state index in [1.807, 2.05) is 26.0 Å². The second-order valence-corrected chi connectivity index (χ2v) is 6.79. The first-order chi connectivity index (χ1) is 12.8. The van der Waals surface area contributed by atoms with E-state index in [2.05, 4.69) is 10.3 Å². The largest absolute Gasteiger partial charge is 0.467 e. The maximum absolute atomic E-state index is 12.9. The number of hydrogen-bond donors (Lipinski definition) is 1. The number of carbonyl (C=O) groups excluding carboxylic acids is 2.